The lowest BCUT2D eigenvalue weighted by Gasteiger charge is -2.29. The number of fused-ring (bicyclic) bond motifs is 1. The number of carboxylic acid groups (broad SMARTS) is 1. The first-order valence-electron chi connectivity index (χ1n) is 5.75. The van der Waals surface area contributed by atoms with Crippen molar-refractivity contribution in [2.45, 2.75) is 0 Å². The molecular formula is C11H13N3O5S. The van der Waals surface area contributed by atoms with E-state index in [1.165, 1.54) is 13.1 Å². The SMILES string of the molecule is CN(CC(=O)O)C(=O)C1=CC=CN2CCS(=O)(=O)N=C12. The van der Waals surface area contributed by atoms with Gasteiger partial charge in [0, 0.05) is 19.8 Å². The fourth-order valence-electron chi connectivity index (χ4n) is 1.86. The van der Waals surface area contributed by atoms with E-state index < -0.39 is 28.4 Å². The van der Waals surface area contributed by atoms with Gasteiger partial charge in [0.15, 0.2) is 5.84 Å². The molecule has 1 amide bonds. The summed E-state index contributed by atoms with van der Waals surface area (Å²) in [5.41, 5.74) is 0.0690. The van der Waals surface area contributed by atoms with Crippen LogP contribution in [0.1, 0.15) is 0 Å². The molecule has 0 aromatic heterocycles. The second-order valence-corrected chi connectivity index (χ2v) is 6.13. The summed E-state index contributed by atoms with van der Waals surface area (Å²) in [7, 11) is -2.25. The summed E-state index contributed by atoms with van der Waals surface area (Å²) < 4.78 is 26.7. The molecule has 0 spiro atoms. The summed E-state index contributed by atoms with van der Waals surface area (Å²) in [5, 5.41) is 8.68. The van der Waals surface area contributed by atoms with Crippen LogP contribution in [0.4, 0.5) is 0 Å². The number of amides is 1. The molecule has 0 radical (unpaired) electrons. The summed E-state index contributed by atoms with van der Waals surface area (Å²) >= 11 is 0. The van der Waals surface area contributed by atoms with E-state index in [2.05, 4.69) is 4.40 Å². The highest BCUT2D eigenvalue weighted by Gasteiger charge is 2.31. The average Bonchev–Trinajstić information content (AvgIpc) is 2.35. The fourth-order valence-corrected chi connectivity index (χ4v) is 2.85. The predicted molar refractivity (Wildman–Crippen MR) is 70.4 cm³/mol. The van der Waals surface area contributed by atoms with Crippen molar-refractivity contribution in [3.63, 3.8) is 0 Å². The quantitative estimate of drug-likeness (QED) is 0.718. The molecule has 0 aromatic rings. The van der Waals surface area contributed by atoms with Gasteiger partial charge in [-0.1, -0.05) is 0 Å². The van der Waals surface area contributed by atoms with Crippen molar-refractivity contribution < 1.29 is 23.1 Å². The van der Waals surface area contributed by atoms with Crippen molar-refractivity contribution in [1.82, 2.24) is 9.80 Å². The maximum atomic E-state index is 12.2. The number of aliphatic carboxylic acids is 1. The van der Waals surface area contributed by atoms with Crippen LogP contribution < -0.4 is 0 Å². The second kappa shape index (κ2) is 5.08. The third-order valence-electron chi connectivity index (χ3n) is 2.81. The van der Waals surface area contributed by atoms with Gasteiger partial charge in [0.1, 0.15) is 6.54 Å². The Morgan fingerprint density at radius 2 is 2.20 bits per heavy atom. The first-order chi connectivity index (χ1) is 9.30. The molecule has 0 unspecified atom stereocenters. The van der Waals surface area contributed by atoms with Crippen LogP contribution >= 0.6 is 0 Å². The van der Waals surface area contributed by atoms with Crippen LogP contribution in [0.5, 0.6) is 0 Å². The van der Waals surface area contributed by atoms with Crippen LogP contribution in [0.2, 0.25) is 0 Å². The Bertz CT molecular complexity index is 647. The summed E-state index contributed by atoms with van der Waals surface area (Å²) in [5.74, 6) is -1.81. The van der Waals surface area contributed by atoms with Gasteiger partial charge >= 0.3 is 5.97 Å². The third kappa shape index (κ3) is 2.87. The highest BCUT2D eigenvalue weighted by molar-refractivity contribution is 7.90. The first kappa shape index (κ1) is 14.3. The minimum Gasteiger partial charge on any atom is -0.480 e. The molecule has 0 saturated heterocycles. The maximum Gasteiger partial charge on any atom is 0.323 e. The molecule has 0 atom stereocenters. The van der Waals surface area contributed by atoms with Gasteiger partial charge in [-0.25, -0.2) is 8.42 Å². The van der Waals surface area contributed by atoms with Gasteiger partial charge in [-0.15, -0.1) is 4.40 Å². The van der Waals surface area contributed by atoms with Crippen molar-refractivity contribution in [2.75, 3.05) is 25.9 Å². The van der Waals surface area contributed by atoms with Crippen molar-refractivity contribution in [2.24, 2.45) is 4.40 Å². The molecule has 8 nitrogen and oxygen atoms in total. The predicted octanol–water partition coefficient (Wildman–Crippen LogP) is -0.973. The molecule has 2 rings (SSSR count). The molecule has 2 heterocycles. The standard InChI is InChI=1S/C11H13N3O5S/c1-13(7-9(15)16)11(17)8-3-2-4-14-5-6-20(18,19)12-10(8)14/h2-4H,5-7H2,1H3,(H,15,16). The number of hydrogen-bond acceptors (Lipinski definition) is 5. The number of sulfonamides is 1. The van der Waals surface area contributed by atoms with E-state index in [1.807, 2.05) is 0 Å². The van der Waals surface area contributed by atoms with Crippen LogP contribution in [0, 0.1) is 0 Å². The van der Waals surface area contributed by atoms with Gasteiger partial charge < -0.3 is 14.9 Å². The van der Waals surface area contributed by atoms with E-state index in [4.69, 9.17) is 5.11 Å². The number of amidine groups is 1. The first-order valence-corrected chi connectivity index (χ1v) is 7.36. The maximum absolute atomic E-state index is 12.2. The van der Waals surface area contributed by atoms with Crippen LogP contribution in [-0.2, 0) is 19.6 Å². The van der Waals surface area contributed by atoms with Gasteiger partial charge in [-0.2, -0.15) is 0 Å². The van der Waals surface area contributed by atoms with Gasteiger partial charge in [0.2, 0.25) is 0 Å². The molecule has 2 aliphatic rings. The van der Waals surface area contributed by atoms with E-state index in [0.717, 1.165) is 4.90 Å². The third-order valence-corrected chi connectivity index (χ3v) is 3.96. The number of nitrogens with zero attached hydrogens (tertiary/aromatic N) is 3. The Balaban J connectivity index is 2.33. The highest BCUT2D eigenvalue weighted by Crippen LogP contribution is 2.18. The van der Waals surface area contributed by atoms with E-state index in [9.17, 15) is 18.0 Å². The lowest BCUT2D eigenvalue weighted by Crippen LogP contribution is -2.43. The van der Waals surface area contributed by atoms with Gasteiger partial charge in [0.25, 0.3) is 15.9 Å². The minimum atomic E-state index is -3.58. The topological polar surface area (TPSA) is 107 Å². The van der Waals surface area contributed by atoms with Crippen molar-refractivity contribution >= 4 is 27.7 Å². The molecule has 0 bridgehead atoms. The molecule has 2 aliphatic heterocycles. The van der Waals surface area contributed by atoms with Gasteiger partial charge in [-0.3, -0.25) is 9.59 Å². The number of rotatable bonds is 3. The van der Waals surface area contributed by atoms with Crippen LogP contribution in [-0.4, -0.2) is 66.9 Å². The zero-order valence-electron chi connectivity index (χ0n) is 10.7. The number of hydrogen-bond donors (Lipinski definition) is 1. The number of allylic oxidation sites excluding steroid dienone is 2. The van der Waals surface area contributed by atoms with E-state index in [-0.39, 0.29) is 23.7 Å². The average molecular weight is 299 g/mol. The Morgan fingerprint density at radius 3 is 2.85 bits per heavy atom. The van der Waals surface area contributed by atoms with E-state index in [1.54, 1.807) is 17.2 Å². The number of likely N-dealkylation sites (N-methyl/N-ethyl adjacent to an activating group) is 1. The zero-order valence-corrected chi connectivity index (χ0v) is 11.5. The van der Waals surface area contributed by atoms with E-state index >= 15 is 0 Å². The molecule has 9 heteroatoms. The smallest absolute Gasteiger partial charge is 0.323 e. The molecule has 1 N–H and O–H groups in total. The molecule has 0 fully saturated rings. The monoisotopic (exact) mass is 299 g/mol. The van der Waals surface area contributed by atoms with Crippen molar-refractivity contribution in [3.05, 3.63) is 23.9 Å². The molecule has 20 heavy (non-hydrogen) atoms. The van der Waals surface area contributed by atoms with E-state index in [0.29, 0.717) is 0 Å². The molecule has 0 saturated carbocycles. The number of carbonyl (C=O) groups excluding carboxylic acids is 1. The molecular weight excluding hydrogens is 286 g/mol. The van der Waals surface area contributed by atoms with Crippen LogP contribution in [0.15, 0.2) is 28.3 Å². The Kier molecular flexibility index (Phi) is 3.62. The second-order valence-electron chi connectivity index (χ2n) is 4.37. The van der Waals surface area contributed by atoms with Crippen LogP contribution in [0.25, 0.3) is 0 Å². The number of carboxylic acids is 1. The molecule has 0 aliphatic carbocycles. The molecule has 0 aromatic carbocycles. The summed E-state index contributed by atoms with van der Waals surface area (Å²) in [4.78, 5) is 25.3. The summed E-state index contributed by atoms with van der Waals surface area (Å²) in [6.07, 6.45) is 4.65. The Hall–Kier alpha value is -2.16. The van der Waals surface area contributed by atoms with Crippen LogP contribution in [0.3, 0.4) is 0 Å². The van der Waals surface area contributed by atoms with Gasteiger partial charge in [-0.05, 0) is 12.2 Å². The lowest BCUT2D eigenvalue weighted by molar-refractivity contribution is -0.142. The summed E-state index contributed by atoms with van der Waals surface area (Å²) in [6, 6.07) is 0. The van der Waals surface area contributed by atoms with Crippen molar-refractivity contribution in [3.8, 4) is 0 Å². The fraction of sp³-hybridized carbons (Fsp3) is 0.364. The Morgan fingerprint density at radius 1 is 1.50 bits per heavy atom. The highest BCUT2D eigenvalue weighted by atomic mass is 32.2. The molecule has 108 valence electrons. The normalized spacial score (nSPS) is 19.8. The largest absolute Gasteiger partial charge is 0.480 e. The summed E-state index contributed by atoms with van der Waals surface area (Å²) in [6.45, 7) is -0.259. The lowest BCUT2D eigenvalue weighted by atomic mass is 10.1. The van der Waals surface area contributed by atoms with Crippen molar-refractivity contribution in [1.29, 1.82) is 0 Å². The minimum absolute atomic E-state index is 0.0426. The zero-order chi connectivity index (χ0) is 14.9. The Labute approximate surface area is 115 Å². The number of carbonyl (C=O) groups is 2. The van der Waals surface area contributed by atoms with Gasteiger partial charge in [0.05, 0.1) is 11.3 Å².